The van der Waals surface area contributed by atoms with Crippen LogP contribution in [0.2, 0.25) is 0 Å². The molecule has 1 aliphatic heterocycles. The number of carbonyl (C=O) groups excluding carboxylic acids is 1. The van der Waals surface area contributed by atoms with E-state index in [9.17, 15) is 4.79 Å². The van der Waals surface area contributed by atoms with Crippen molar-refractivity contribution in [3.05, 3.63) is 53.6 Å². The average Bonchev–Trinajstić information content (AvgIpc) is 2.75. The molecule has 1 saturated heterocycles. The molecule has 1 amide bonds. The van der Waals surface area contributed by atoms with E-state index in [4.69, 9.17) is 14.2 Å². The zero-order valence-corrected chi connectivity index (χ0v) is 16.8. The van der Waals surface area contributed by atoms with Gasteiger partial charge in [0.25, 0.3) is 5.91 Å². The van der Waals surface area contributed by atoms with Crippen LogP contribution in [0.3, 0.4) is 0 Å². The number of rotatable bonds is 7. The second-order valence-electron chi connectivity index (χ2n) is 6.71. The van der Waals surface area contributed by atoms with Crippen LogP contribution in [0.4, 0.5) is 0 Å². The van der Waals surface area contributed by atoms with E-state index in [0.29, 0.717) is 36.8 Å². The van der Waals surface area contributed by atoms with Gasteiger partial charge < -0.3 is 19.1 Å². The number of hydrogen-bond acceptors (Lipinski definition) is 5. The van der Waals surface area contributed by atoms with Gasteiger partial charge in [0, 0.05) is 49.9 Å². The predicted molar refractivity (Wildman–Crippen MR) is 108 cm³/mol. The van der Waals surface area contributed by atoms with Gasteiger partial charge in [-0.15, -0.1) is 0 Å². The van der Waals surface area contributed by atoms with Crippen LogP contribution >= 0.6 is 0 Å². The SMILES string of the molecule is CCOc1ccccc1CN1CCN(C(=O)c2cc(OC)cc(OC)c2)CC1. The molecule has 0 aromatic heterocycles. The highest BCUT2D eigenvalue weighted by Gasteiger charge is 2.23. The Balaban J connectivity index is 1.62. The standard InChI is InChI=1S/C22H28N2O4/c1-4-28-21-8-6-5-7-17(21)16-23-9-11-24(12-10-23)22(25)18-13-19(26-2)15-20(14-18)27-3/h5-8,13-15H,4,9-12,16H2,1-3H3. The minimum atomic E-state index is 0.00608. The Bertz CT molecular complexity index is 779. The van der Waals surface area contributed by atoms with Crippen molar-refractivity contribution in [1.82, 2.24) is 9.80 Å². The number of amides is 1. The summed E-state index contributed by atoms with van der Waals surface area (Å²) in [4.78, 5) is 17.2. The second kappa shape index (κ2) is 9.46. The van der Waals surface area contributed by atoms with Crippen molar-refractivity contribution in [3.8, 4) is 17.2 Å². The van der Waals surface area contributed by atoms with E-state index in [1.807, 2.05) is 30.0 Å². The van der Waals surface area contributed by atoms with Crippen LogP contribution in [-0.2, 0) is 6.54 Å². The van der Waals surface area contributed by atoms with E-state index in [1.54, 1.807) is 32.4 Å². The largest absolute Gasteiger partial charge is 0.497 e. The minimum Gasteiger partial charge on any atom is -0.497 e. The topological polar surface area (TPSA) is 51.2 Å². The van der Waals surface area contributed by atoms with Gasteiger partial charge in [-0.05, 0) is 25.1 Å². The highest BCUT2D eigenvalue weighted by Crippen LogP contribution is 2.24. The lowest BCUT2D eigenvalue weighted by Crippen LogP contribution is -2.48. The van der Waals surface area contributed by atoms with Crippen LogP contribution in [-0.4, -0.2) is 62.7 Å². The summed E-state index contributed by atoms with van der Waals surface area (Å²) in [5.74, 6) is 2.18. The highest BCUT2D eigenvalue weighted by molar-refractivity contribution is 5.95. The van der Waals surface area contributed by atoms with Crippen LogP contribution < -0.4 is 14.2 Å². The van der Waals surface area contributed by atoms with E-state index in [-0.39, 0.29) is 5.91 Å². The summed E-state index contributed by atoms with van der Waals surface area (Å²) in [5, 5.41) is 0. The smallest absolute Gasteiger partial charge is 0.254 e. The summed E-state index contributed by atoms with van der Waals surface area (Å²) in [5.41, 5.74) is 1.77. The normalized spacial score (nSPS) is 14.6. The molecule has 2 aromatic rings. The Morgan fingerprint density at radius 2 is 1.61 bits per heavy atom. The second-order valence-corrected chi connectivity index (χ2v) is 6.71. The van der Waals surface area contributed by atoms with Gasteiger partial charge >= 0.3 is 0 Å². The molecule has 150 valence electrons. The summed E-state index contributed by atoms with van der Waals surface area (Å²) in [7, 11) is 3.17. The molecule has 1 heterocycles. The fraction of sp³-hybridized carbons (Fsp3) is 0.409. The maximum atomic E-state index is 12.9. The molecule has 0 N–H and O–H groups in total. The summed E-state index contributed by atoms with van der Waals surface area (Å²) in [6.45, 7) is 6.51. The first-order chi connectivity index (χ1) is 13.6. The lowest BCUT2D eigenvalue weighted by molar-refractivity contribution is 0.0626. The van der Waals surface area contributed by atoms with Crippen molar-refractivity contribution in [2.24, 2.45) is 0 Å². The molecule has 6 heteroatoms. The molecule has 0 bridgehead atoms. The molecule has 0 saturated carbocycles. The van der Waals surface area contributed by atoms with E-state index in [0.717, 1.165) is 25.4 Å². The van der Waals surface area contributed by atoms with Gasteiger partial charge in [0.05, 0.1) is 20.8 Å². The van der Waals surface area contributed by atoms with Crippen molar-refractivity contribution in [2.45, 2.75) is 13.5 Å². The number of para-hydroxylation sites is 1. The zero-order valence-electron chi connectivity index (χ0n) is 16.8. The molecule has 6 nitrogen and oxygen atoms in total. The third kappa shape index (κ3) is 4.75. The van der Waals surface area contributed by atoms with Crippen molar-refractivity contribution in [3.63, 3.8) is 0 Å². The number of ether oxygens (including phenoxy) is 3. The number of benzene rings is 2. The third-order valence-corrected chi connectivity index (χ3v) is 4.92. The maximum absolute atomic E-state index is 12.9. The Morgan fingerprint density at radius 3 is 2.21 bits per heavy atom. The zero-order chi connectivity index (χ0) is 19.9. The number of methoxy groups -OCH3 is 2. The predicted octanol–water partition coefficient (Wildman–Crippen LogP) is 3.06. The molecule has 0 unspecified atom stereocenters. The number of nitrogens with zero attached hydrogens (tertiary/aromatic N) is 2. The van der Waals surface area contributed by atoms with Crippen molar-refractivity contribution < 1.29 is 19.0 Å². The van der Waals surface area contributed by atoms with Crippen LogP contribution in [0.25, 0.3) is 0 Å². The fourth-order valence-electron chi connectivity index (χ4n) is 3.39. The van der Waals surface area contributed by atoms with Gasteiger partial charge in [0.2, 0.25) is 0 Å². The van der Waals surface area contributed by atoms with Crippen molar-refractivity contribution >= 4 is 5.91 Å². The van der Waals surface area contributed by atoms with Gasteiger partial charge in [-0.2, -0.15) is 0 Å². The van der Waals surface area contributed by atoms with Gasteiger partial charge in [0.1, 0.15) is 17.2 Å². The lowest BCUT2D eigenvalue weighted by Gasteiger charge is -2.35. The van der Waals surface area contributed by atoms with E-state index < -0.39 is 0 Å². The number of hydrogen-bond donors (Lipinski definition) is 0. The first kappa shape index (κ1) is 20.0. The summed E-state index contributed by atoms with van der Waals surface area (Å²) >= 11 is 0. The van der Waals surface area contributed by atoms with Crippen LogP contribution in [0.5, 0.6) is 17.2 Å². The molecule has 2 aromatic carbocycles. The van der Waals surface area contributed by atoms with Crippen LogP contribution in [0.1, 0.15) is 22.8 Å². The van der Waals surface area contributed by atoms with Gasteiger partial charge in [0.15, 0.2) is 0 Å². The number of carbonyl (C=O) groups is 1. The monoisotopic (exact) mass is 384 g/mol. The molecule has 28 heavy (non-hydrogen) atoms. The highest BCUT2D eigenvalue weighted by atomic mass is 16.5. The Kier molecular flexibility index (Phi) is 6.76. The summed E-state index contributed by atoms with van der Waals surface area (Å²) in [6.07, 6.45) is 0. The first-order valence-electron chi connectivity index (χ1n) is 9.60. The van der Waals surface area contributed by atoms with Crippen molar-refractivity contribution in [2.75, 3.05) is 47.0 Å². The lowest BCUT2D eigenvalue weighted by atomic mass is 10.1. The minimum absolute atomic E-state index is 0.00608. The van der Waals surface area contributed by atoms with E-state index in [1.165, 1.54) is 5.56 Å². The molecule has 3 rings (SSSR count). The molecular formula is C22H28N2O4. The quantitative estimate of drug-likeness (QED) is 0.734. The fourth-order valence-corrected chi connectivity index (χ4v) is 3.39. The maximum Gasteiger partial charge on any atom is 0.254 e. The van der Waals surface area contributed by atoms with Crippen molar-refractivity contribution in [1.29, 1.82) is 0 Å². The molecular weight excluding hydrogens is 356 g/mol. The molecule has 0 aliphatic carbocycles. The average molecular weight is 384 g/mol. The first-order valence-corrected chi connectivity index (χ1v) is 9.60. The summed E-state index contributed by atoms with van der Waals surface area (Å²) < 4.78 is 16.3. The van der Waals surface area contributed by atoms with E-state index >= 15 is 0 Å². The number of piperazine rings is 1. The Morgan fingerprint density at radius 1 is 0.964 bits per heavy atom. The molecule has 1 aliphatic rings. The molecule has 0 atom stereocenters. The molecule has 0 spiro atoms. The molecule has 0 radical (unpaired) electrons. The van der Waals surface area contributed by atoms with Gasteiger partial charge in [-0.3, -0.25) is 9.69 Å². The third-order valence-electron chi connectivity index (χ3n) is 4.92. The van der Waals surface area contributed by atoms with Crippen LogP contribution in [0, 0.1) is 0 Å². The Hall–Kier alpha value is -2.73. The van der Waals surface area contributed by atoms with Gasteiger partial charge in [-0.1, -0.05) is 18.2 Å². The van der Waals surface area contributed by atoms with E-state index in [2.05, 4.69) is 11.0 Å². The summed E-state index contributed by atoms with van der Waals surface area (Å²) in [6, 6.07) is 13.4. The molecule has 1 fully saturated rings. The van der Waals surface area contributed by atoms with Gasteiger partial charge in [-0.25, -0.2) is 0 Å². The Labute approximate surface area is 166 Å². The van der Waals surface area contributed by atoms with Crippen LogP contribution in [0.15, 0.2) is 42.5 Å².